The average molecular weight is 205 g/mol. The first-order chi connectivity index (χ1) is 5.85. The van der Waals surface area contributed by atoms with Crippen LogP contribution in [0.2, 0.25) is 0 Å². The van der Waals surface area contributed by atoms with E-state index in [1.165, 1.54) is 0 Å². The molecule has 0 bridgehead atoms. The molecule has 76 valence electrons. The maximum absolute atomic E-state index is 11.0. The Morgan fingerprint density at radius 2 is 1.92 bits per heavy atom. The Morgan fingerprint density at radius 3 is 2.31 bits per heavy atom. The molecule has 0 saturated carbocycles. The molecule has 1 N–H and O–H groups in total. The normalized spacial score (nSPS) is 10.8. The van der Waals surface area contributed by atoms with Gasteiger partial charge in [0.15, 0.2) is 0 Å². The van der Waals surface area contributed by atoms with Crippen LogP contribution in [0.15, 0.2) is 0 Å². The van der Waals surface area contributed by atoms with Gasteiger partial charge >= 0.3 is 6.09 Å². The van der Waals surface area contributed by atoms with Gasteiger partial charge in [0.2, 0.25) is 5.12 Å². The lowest BCUT2D eigenvalue weighted by atomic mass is 10.2. The number of hydrogen-bond acceptors (Lipinski definition) is 4. The molecule has 0 aliphatic rings. The molecule has 0 spiro atoms. The van der Waals surface area contributed by atoms with Crippen molar-refractivity contribution < 1.29 is 14.3 Å². The molecule has 0 unspecified atom stereocenters. The molecule has 0 aliphatic carbocycles. The highest BCUT2D eigenvalue weighted by atomic mass is 32.2. The molecule has 0 heterocycles. The molecule has 0 rings (SSSR count). The fourth-order valence-electron chi connectivity index (χ4n) is 0.531. The van der Waals surface area contributed by atoms with Crippen molar-refractivity contribution in [2.45, 2.75) is 26.4 Å². The lowest BCUT2D eigenvalue weighted by molar-refractivity contribution is -0.110. The molecule has 0 fully saturated rings. The Labute approximate surface area is 82.4 Å². The fraction of sp³-hybridized carbons (Fsp3) is 0.750. The third-order valence-electron chi connectivity index (χ3n) is 1.00. The van der Waals surface area contributed by atoms with Crippen molar-refractivity contribution >= 4 is 23.0 Å². The fourth-order valence-corrected chi connectivity index (χ4v) is 0.747. The summed E-state index contributed by atoms with van der Waals surface area (Å²) in [6.45, 7) is 5.31. The highest BCUT2D eigenvalue weighted by Gasteiger charge is 2.16. The number of amides is 1. The number of alkyl carbamates (subject to hydrolysis) is 1. The van der Waals surface area contributed by atoms with Crippen molar-refractivity contribution in [3.05, 3.63) is 0 Å². The van der Waals surface area contributed by atoms with E-state index in [4.69, 9.17) is 4.74 Å². The van der Waals surface area contributed by atoms with Crippen molar-refractivity contribution in [3.8, 4) is 0 Å². The molecule has 5 heteroatoms. The Bertz CT molecular complexity index is 198. The van der Waals surface area contributed by atoms with Crippen molar-refractivity contribution in [1.29, 1.82) is 0 Å². The van der Waals surface area contributed by atoms with E-state index in [1.54, 1.807) is 27.0 Å². The summed E-state index contributed by atoms with van der Waals surface area (Å²) >= 11 is 1.08. The summed E-state index contributed by atoms with van der Waals surface area (Å²) < 4.78 is 4.92. The predicted octanol–water partition coefficient (Wildman–Crippen LogP) is 1.40. The number of hydrogen-bond donors (Lipinski definition) is 1. The summed E-state index contributed by atoms with van der Waals surface area (Å²) in [4.78, 5) is 21.8. The Morgan fingerprint density at radius 1 is 1.38 bits per heavy atom. The van der Waals surface area contributed by atoms with Gasteiger partial charge in [0.05, 0.1) is 6.54 Å². The highest BCUT2D eigenvalue weighted by Crippen LogP contribution is 2.06. The van der Waals surface area contributed by atoms with E-state index in [1.807, 2.05) is 0 Å². The van der Waals surface area contributed by atoms with E-state index in [-0.39, 0.29) is 11.7 Å². The minimum atomic E-state index is -0.560. The summed E-state index contributed by atoms with van der Waals surface area (Å²) in [7, 11) is 0. The van der Waals surface area contributed by atoms with Crippen LogP contribution in [0.1, 0.15) is 20.8 Å². The Balaban J connectivity index is 3.71. The van der Waals surface area contributed by atoms with Gasteiger partial charge in [-0.3, -0.25) is 4.79 Å². The third-order valence-corrected chi connectivity index (χ3v) is 1.60. The van der Waals surface area contributed by atoms with Crippen molar-refractivity contribution in [2.24, 2.45) is 0 Å². The first-order valence-electron chi connectivity index (χ1n) is 3.89. The van der Waals surface area contributed by atoms with Crippen LogP contribution in [0.25, 0.3) is 0 Å². The van der Waals surface area contributed by atoms with Gasteiger partial charge in [-0.15, -0.1) is 0 Å². The molecule has 4 nitrogen and oxygen atoms in total. The van der Waals surface area contributed by atoms with Crippen LogP contribution in [0.4, 0.5) is 4.79 Å². The van der Waals surface area contributed by atoms with Gasteiger partial charge in [-0.1, -0.05) is 11.8 Å². The summed E-state index contributed by atoms with van der Waals surface area (Å²) in [5.41, 5.74) is -0.521. The molecule has 1 amide bonds. The topological polar surface area (TPSA) is 55.4 Å². The molecule has 13 heavy (non-hydrogen) atoms. The van der Waals surface area contributed by atoms with Crippen LogP contribution in [0.5, 0.6) is 0 Å². The monoisotopic (exact) mass is 205 g/mol. The van der Waals surface area contributed by atoms with E-state index >= 15 is 0 Å². The minimum absolute atomic E-state index is 0.0100. The average Bonchev–Trinajstić information content (AvgIpc) is 1.97. The largest absolute Gasteiger partial charge is 0.444 e. The third kappa shape index (κ3) is 7.64. The number of thioether (sulfide) groups is 1. The Hall–Kier alpha value is -0.710. The van der Waals surface area contributed by atoms with Gasteiger partial charge < -0.3 is 10.1 Å². The predicted molar refractivity (Wildman–Crippen MR) is 52.8 cm³/mol. The van der Waals surface area contributed by atoms with Crippen LogP contribution in [0.3, 0.4) is 0 Å². The molecular formula is C8H15NO3S. The first kappa shape index (κ1) is 12.3. The number of carbonyl (C=O) groups is 2. The van der Waals surface area contributed by atoms with Gasteiger partial charge in [-0.2, -0.15) is 0 Å². The second-order valence-corrected chi connectivity index (χ2v) is 4.30. The van der Waals surface area contributed by atoms with Crippen LogP contribution < -0.4 is 5.32 Å². The quantitative estimate of drug-likeness (QED) is 0.740. The summed E-state index contributed by atoms with van der Waals surface area (Å²) in [6, 6.07) is 0. The summed E-state index contributed by atoms with van der Waals surface area (Å²) in [5.74, 6) is 0. The second kappa shape index (κ2) is 5.11. The smallest absolute Gasteiger partial charge is 0.408 e. The van der Waals surface area contributed by atoms with E-state index in [2.05, 4.69) is 5.32 Å². The standard InChI is InChI=1S/C8H15NO3S/c1-8(2,3)12-7(11)9-5-6(10)13-4/h5H2,1-4H3,(H,9,11). The van der Waals surface area contributed by atoms with Crippen LogP contribution in [0, 0.1) is 0 Å². The lowest BCUT2D eigenvalue weighted by Crippen LogP contribution is -2.34. The minimum Gasteiger partial charge on any atom is -0.444 e. The van der Waals surface area contributed by atoms with E-state index in [9.17, 15) is 9.59 Å². The van der Waals surface area contributed by atoms with Crippen molar-refractivity contribution in [1.82, 2.24) is 5.32 Å². The van der Waals surface area contributed by atoms with Crippen molar-refractivity contribution in [3.63, 3.8) is 0 Å². The van der Waals surface area contributed by atoms with Crippen LogP contribution >= 0.6 is 11.8 Å². The summed E-state index contributed by atoms with van der Waals surface area (Å²) in [5, 5.41) is 2.27. The first-order valence-corrected chi connectivity index (χ1v) is 5.11. The van der Waals surface area contributed by atoms with Gasteiger partial charge in [0.1, 0.15) is 5.60 Å². The van der Waals surface area contributed by atoms with Gasteiger partial charge in [-0.05, 0) is 27.0 Å². The van der Waals surface area contributed by atoms with Crippen LogP contribution in [-0.4, -0.2) is 29.6 Å². The van der Waals surface area contributed by atoms with E-state index in [0.717, 1.165) is 11.8 Å². The van der Waals surface area contributed by atoms with Gasteiger partial charge in [-0.25, -0.2) is 4.79 Å². The zero-order valence-corrected chi connectivity index (χ0v) is 9.16. The van der Waals surface area contributed by atoms with Crippen molar-refractivity contribution in [2.75, 3.05) is 12.8 Å². The number of carbonyl (C=O) groups excluding carboxylic acids is 2. The zero-order chi connectivity index (χ0) is 10.5. The lowest BCUT2D eigenvalue weighted by Gasteiger charge is -2.19. The number of ether oxygens (including phenoxy) is 1. The number of nitrogens with one attached hydrogen (secondary N) is 1. The molecule has 0 aliphatic heterocycles. The summed E-state index contributed by atoms with van der Waals surface area (Å²) in [6.07, 6.45) is 1.11. The van der Waals surface area contributed by atoms with Crippen LogP contribution in [-0.2, 0) is 9.53 Å². The Kier molecular flexibility index (Phi) is 4.83. The number of rotatable bonds is 2. The molecular weight excluding hydrogens is 190 g/mol. The van der Waals surface area contributed by atoms with E-state index in [0.29, 0.717) is 0 Å². The maximum atomic E-state index is 11.0. The second-order valence-electron chi connectivity index (χ2n) is 3.43. The molecule has 0 aromatic carbocycles. The molecule has 0 radical (unpaired) electrons. The molecule has 0 atom stereocenters. The molecule has 0 aromatic rings. The molecule has 0 aromatic heterocycles. The van der Waals surface area contributed by atoms with Gasteiger partial charge in [0, 0.05) is 0 Å². The highest BCUT2D eigenvalue weighted by molar-refractivity contribution is 8.13. The van der Waals surface area contributed by atoms with Gasteiger partial charge in [0.25, 0.3) is 0 Å². The van der Waals surface area contributed by atoms with E-state index < -0.39 is 11.7 Å². The maximum Gasteiger partial charge on any atom is 0.408 e. The SMILES string of the molecule is CSC(=O)CNC(=O)OC(C)(C)C. The zero-order valence-electron chi connectivity index (χ0n) is 8.34. The molecule has 0 saturated heterocycles.